The predicted octanol–water partition coefficient (Wildman–Crippen LogP) is 3.14. The van der Waals surface area contributed by atoms with E-state index in [1.807, 2.05) is 0 Å². The molecular formula is C18H25NO4S. The van der Waals surface area contributed by atoms with Crippen LogP contribution >= 0.6 is 0 Å². The summed E-state index contributed by atoms with van der Waals surface area (Å²) in [7, 11) is -3.30. The Morgan fingerprint density at radius 3 is 2.54 bits per heavy atom. The van der Waals surface area contributed by atoms with Gasteiger partial charge >= 0.3 is 6.09 Å². The second-order valence-corrected chi connectivity index (χ2v) is 9.11. The highest BCUT2D eigenvalue weighted by Crippen LogP contribution is 2.16. The van der Waals surface area contributed by atoms with Crippen molar-refractivity contribution in [2.24, 2.45) is 0 Å². The lowest BCUT2D eigenvalue weighted by molar-refractivity contribution is 0.0529. The number of amides is 1. The Kier molecular flexibility index (Phi) is 6.85. The van der Waals surface area contributed by atoms with Gasteiger partial charge in [-0.2, -0.15) is 0 Å². The first kappa shape index (κ1) is 20.0. The molecule has 0 saturated carbocycles. The number of alkyl carbamates (subject to hydrolysis) is 1. The average molecular weight is 351 g/mol. The molecule has 0 saturated heterocycles. The first-order chi connectivity index (χ1) is 11.0. The van der Waals surface area contributed by atoms with Gasteiger partial charge in [0.25, 0.3) is 0 Å². The molecule has 0 aromatic heterocycles. The van der Waals surface area contributed by atoms with Gasteiger partial charge in [0.15, 0.2) is 9.84 Å². The molecule has 0 aliphatic heterocycles. The number of hydrogen-bond acceptors (Lipinski definition) is 4. The smallest absolute Gasteiger partial charge is 0.407 e. The van der Waals surface area contributed by atoms with E-state index >= 15 is 0 Å². The fourth-order valence-corrected chi connectivity index (χ4v) is 2.83. The Hall–Kier alpha value is -2.00. The highest BCUT2D eigenvalue weighted by atomic mass is 32.2. The Bertz CT molecular complexity index is 734. The van der Waals surface area contributed by atoms with Gasteiger partial charge in [0.2, 0.25) is 0 Å². The standard InChI is InChI=1S/C18H25NO4S/c1-14(2)24(21,22)16-11-8-10-15(13-16)9-6-7-12-19-17(20)23-18(3,4)5/h8,10-11,13-14H,7,12H2,1-5H3,(H,19,20). The molecule has 1 aromatic rings. The monoisotopic (exact) mass is 351 g/mol. The van der Waals surface area contributed by atoms with Gasteiger partial charge in [0.05, 0.1) is 10.1 Å². The second kappa shape index (κ2) is 8.20. The summed E-state index contributed by atoms with van der Waals surface area (Å²) < 4.78 is 29.4. The topological polar surface area (TPSA) is 72.5 Å². The lowest BCUT2D eigenvalue weighted by Crippen LogP contribution is -2.32. The minimum atomic E-state index is -3.30. The largest absolute Gasteiger partial charge is 0.444 e. The summed E-state index contributed by atoms with van der Waals surface area (Å²) in [6.07, 6.45) is -0.0326. The fourth-order valence-electron chi connectivity index (χ4n) is 1.73. The molecule has 132 valence electrons. The molecule has 1 N–H and O–H groups in total. The summed E-state index contributed by atoms with van der Waals surface area (Å²) in [6.45, 7) is 9.05. The molecule has 1 rings (SSSR count). The van der Waals surface area contributed by atoms with E-state index in [9.17, 15) is 13.2 Å². The number of sulfone groups is 1. The first-order valence-corrected chi connectivity index (χ1v) is 9.37. The maximum absolute atomic E-state index is 12.1. The number of carbonyl (C=O) groups is 1. The molecule has 0 atom stereocenters. The lowest BCUT2D eigenvalue weighted by atomic mass is 10.2. The summed E-state index contributed by atoms with van der Waals surface area (Å²) in [5, 5.41) is 2.14. The summed E-state index contributed by atoms with van der Waals surface area (Å²) >= 11 is 0. The third kappa shape index (κ3) is 6.63. The minimum absolute atomic E-state index is 0.274. The van der Waals surface area contributed by atoms with Crippen molar-refractivity contribution >= 4 is 15.9 Å². The molecule has 0 fully saturated rings. The Labute approximate surface area is 144 Å². The zero-order valence-electron chi connectivity index (χ0n) is 14.8. The summed E-state index contributed by atoms with van der Waals surface area (Å²) in [4.78, 5) is 11.7. The van der Waals surface area contributed by atoms with E-state index in [1.165, 1.54) is 0 Å². The number of nitrogens with one attached hydrogen (secondary N) is 1. The highest BCUT2D eigenvalue weighted by Gasteiger charge is 2.19. The maximum Gasteiger partial charge on any atom is 0.407 e. The Morgan fingerprint density at radius 1 is 1.29 bits per heavy atom. The quantitative estimate of drug-likeness (QED) is 0.668. The first-order valence-electron chi connectivity index (χ1n) is 7.82. The number of rotatable bonds is 4. The van der Waals surface area contributed by atoms with E-state index in [0.717, 1.165) is 0 Å². The van der Waals surface area contributed by atoms with Gasteiger partial charge in [-0.1, -0.05) is 17.9 Å². The van der Waals surface area contributed by atoms with Crippen LogP contribution in [-0.2, 0) is 14.6 Å². The van der Waals surface area contributed by atoms with Crippen LogP contribution in [0.15, 0.2) is 29.2 Å². The number of ether oxygens (including phenoxy) is 1. The van der Waals surface area contributed by atoms with Crippen molar-refractivity contribution in [1.29, 1.82) is 0 Å². The normalized spacial score (nSPS) is 11.6. The van der Waals surface area contributed by atoms with E-state index in [-0.39, 0.29) is 4.90 Å². The summed E-state index contributed by atoms with van der Waals surface area (Å²) in [5.74, 6) is 5.82. The van der Waals surface area contributed by atoms with Crippen LogP contribution in [0.4, 0.5) is 4.79 Å². The molecule has 0 unspecified atom stereocenters. The maximum atomic E-state index is 12.1. The molecule has 0 radical (unpaired) electrons. The van der Waals surface area contributed by atoms with E-state index in [4.69, 9.17) is 4.74 Å². The molecule has 0 heterocycles. The number of benzene rings is 1. The van der Waals surface area contributed by atoms with Crippen LogP contribution < -0.4 is 5.32 Å². The van der Waals surface area contributed by atoms with Crippen molar-refractivity contribution in [2.75, 3.05) is 6.54 Å². The molecule has 0 spiro atoms. The van der Waals surface area contributed by atoms with Crippen molar-refractivity contribution in [1.82, 2.24) is 5.32 Å². The molecule has 5 nitrogen and oxygen atoms in total. The van der Waals surface area contributed by atoms with Crippen molar-refractivity contribution < 1.29 is 17.9 Å². The SMILES string of the molecule is CC(C)S(=O)(=O)c1cccc(C#CCCNC(=O)OC(C)(C)C)c1. The van der Waals surface area contributed by atoms with E-state index in [2.05, 4.69) is 17.2 Å². The third-order valence-electron chi connectivity index (χ3n) is 2.93. The molecule has 1 amide bonds. The molecule has 0 bridgehead atoms. The molecular weight excluding hydrogens is 326 g/mol. The van der Waals surface area contributed by atoms with Gasteiger partial charge in [-0.15, -0.1) is 0 Å². The van der Waals surface area contributed by atoms with E-state index < -0.39 is 26.8 Å². The zero-order chi connectivity index (χ0) is 18.4. The van der Waals surface area contributed by atoms with Crippen LogP contribution in [-0.4, -0.2) is 31.9 Å². The van der Waals surface area contributed by atoms with Crippen LogP contribution in [0.3, 0.4) is 0 Å². The van der Waals surface area contributed by atoms with Gasteiger partial charge in [0.1, 0.15) is 5.60 Å². The van der Waals surface area contributed by atoms with Crippen LogP contribution in [0.1, 0.15) is 46.6 Å². The molecule has 0 aliphatic carbocycles. The Morgan fingerprint density at radius 2 is 1.96 bits per heavy atom. The third-order valence-corrected chi connectivity index (χ3v) is 5.09. The Balaban J connectivity index is 2.61. The van der Waals surface area contributed by atoms with Gasteiger partial charge in [-0.05, 0) is 52.8 Å². The van der Waals surface area contributed by atoms with Crippen molar-refractivity contribution in [3.05, 3.63) is 29.8 Å². The molecule has 24 heavy (non-hydrogen) atoms. The molecule has 0 aliphatic rings. The fraction of sp³-hybridized carbons (Fsp3) is 0.500. The lowest BCUT2D eigenvalue weighted by Gasteiger charge is -2.19. The van der Waals surface area contributed by atoms with Crippen molar-refractivity contribution in [3.63, 3.8) is 0 Å². The van der Waals surface area contributed by atoms with Crippen LogP contribution in [0.5, 0.6) is 0 Å². The second-order valence-electron chi connectivity index (χ2n) is 6.60. The van der Waals surface area contributed by atoms with Gasteiger partial charge < -0.3 is 10.1 Å². The van der Waals surface area contributed by atoms with Gasteiger partial charge in [-0.3, -0.25) is 0 Å². The van der Waals surface area contributed by atoms with Crippen LogP contribution in [0.2, 0.25) is 0 Å². The molecule has 6 heteroatoms. The number of carbonyl (C=O) groups excluding carboxylic acids is 1. The highest BCUT2D eigenvalue weighted by molar-refractivity contribution is 7.92. The van der Waals surface area contributed by atoms with Gasteiger partial charge in [0, 0.05) is 18.5 Å². The summed E-state index contributed by atoms with van der Waals surface area (Å²) in [5.41, 5.74) is 0.104. The minimum Gasteiger partial charge on any atom is -0.444 e. The predicted molar refractivity (Wildman–Crippen MR) is 94.5 cm³/mol. The van der Waals surface area contributed by atoms with E-state index in [1.54, 1.807) is 58.9 Å². The van der Waals surface area contributed by atoms with Crippen LogP contribution in [0.25, 0.3) is 0 Å². The van der Waals surface area contributed by atoms with E-state index in [0.29, 0.717) is 18.5 Å². The van der Waals surface area contributed by atoms with Gasteiger partial charge in [-0.25, -0.2) is 13.2 Å². The zero-order valence-corrected chi connectivity index (χ0v) is 15.7. The van der Waals surface area contributed by atoms with Crippen molar-refractivity contribution in [3.8, 4) is 11.8 Å². The average Bonchev–Trinajstić information content (AvgIpc) is 2.45. The molecule has 1 aromatic carbocycles. The summed E-state index contributed by atoms with van der Waals surface area (Å²) in [6, 6.07) is 6.58. The van der Waals surface area contributed by atoms with Crippen LogP contribution in [0, 0.1) is 11.8 Å². The van der Waals surface area contributed by atoms with Crippen molar-refractivity contribution in [2.45, 2.75) is 56.8 Å². The number of hydrogen-bond donors (Lipinski definition) is 1.